The van der Waals surface area contributed by atoms with Crippen LogP contribution in [0.3, 0.4) is 0 Å². The number of hydrogen-bond acceptors (Lipinski definition) is 4. The number of fused-ring (bicyclic) bond motifs is 1. The van der Waals surface area contributed by atoms with Gasteiger partial charge in [0.2, 0.25) is 5.78 Å². The van der Waals surface area contributed by atoms with Crippen LogP contribution in [0.2, 0.25) is 0 Å². The van der Waals surface area contributed by atoms with Gasteiger partial charge in [-0.3, -0.25) is 9.30 Å². The van der Waals surface area contributed by atoms with E-state index >= 15 is 0 Å². The van der Waals surface area contributed by atoms with Crippen molar-refractivity contribution in [3.8, 4) is 0 Å². The van der Waals surface area contributed by atoms with Gasteiger partial charge in [0.15, 0.2) is 0 Å². The Morgan fingerprint density at radius 2 is 2.00 bits per heavy atom. The molecule has 3 heterocycles. The minimum absolute atomic E-state index is 0.818. The summed E-state index contributed by atoms with van der Waals surface area (Å²) in [5.74, 6) is 1.64. The number of piperidine rings is 1. The quantitative estimate of drug-likeness (QED) is 0.933. The Labute approximate surface area is 126 Å². The first-order valence-electron chi connectivity index (χ1n) is 7.90. The van der Waals surface area contributed by atoms with E-state index in [0.29, 0.717) is 0 Å². The predicted molar refractivity (Wildman–Crippen MR) is 84.1 cm³/mol. The molecule has 1 saturated heterocycles. The van der Waals surface area contributed by atoms with Gasteiger partial charge in [-0.2, -0.15) is 0 Å². The van der Waals surface area contributed by atoms with Crippen LogP contribution in [-0.4, -0.2) is 38.9 Å². The lowest BCUT2D eigenvalue weighted by molar-refractivity contribution is 0.172. The van der Waals surface area contributed by atoms with Crippen molar-refractivity contribution in [3.63, 3.8) is 0 Å². The second-order valence-electron chi connectivity index (χ2n) is 6.24. The number of hydrogen-bond donors (Lipinski definition) is 1. The Bertz CT molecular complexity index is 610. The molecule has 2 aromatic rings. The third-order valence-corrected chi connectivity index (χ3v) is 4.48. The monoisotopic (exact) mass is 287 g/mol. The molecule has 0 unspecified atom stereocenters. The normalized spacial score (nSPS) is 17.7. The summed E-state index contributed by atoms with van der Waals surface area (Å²) >= 11 is 0. The van der Waals surface area contributed by atoms with E-state index in [2.05, 4.69) is 38.5 Å². The van der Waals surface area contributed by atoms with Gasteiger partial charge < -0.3 is 5.73 Å². The summed E-state index contributed by atoms with van der Waals surface area (Å²) in [6.45, 7) is 8.18. The van der Waals surface area contributed by atoms with E-state index in [-0.39, 0.29) is 0 Å². The van der Waals surface area contributed by atoms with Gasteiger partial charge in [-0.25, -0.2) is 9.97 Å². The molecule has 0 aliphatic carbocycles. The van der Waals surface area contributed by atoms with Crippen LogP contribution in [0.4, 0.5) is 0 Å². The summed E-state index contributed by atoms with van der Waals surface area (Å²) in [5.41, 5.74) is 8.99. The smallest absolute Gasteiger partial charge is 0.234 e. The molecule has 2 aromatic heterocycles. The molecule has 0 aromatic carbocycles. The van der Waals surface area contributed by atoms with Gasteiger partial charge in [-0.1, -0.05) is 0 Å². The standard InChI is InChI=1S/C16H25N5/c1-12-9-13(2)21-11-15(19-16(21)18-12)10-20-7-4-14(3-6-17)5-8-20/h9,11,14H,3-8,10,17H2,1-2H3. The summed E-state index contributed by atoms with van der Waals surface area (Å²) in [4.78, 5) is 11.7. The molecule has 2 N–H and O–H groups in total. The zero-order valence-electron chi connectivity index (χ0n) is 13.0. The molecule has 1 fully saturated rings. The van der Waals surface area contributed by atoms with Gasteiger partial charge in [0.1, 0.15) is 0 Å². The van der Waals surface area contributed by atoms with Gasteiger partial charge in [-0.05, 0) is 64.7 Å². The van der Waals surface area contributed by atoms with Crippen LogP contribution in [-0.2, 0) is 6.54 Å². The molecule has 0 amide bonds. The van der Waals surface area contributed by atoms with E-state index in [1.165, 1.54) is 25.0 Å². The SMILES string of the molecule is Cc1cc(C)n2cc(CN3CCC(CCN)CC3)nc2n1. The molecule has 5 heteroatoms. The van der Waals surface area contributed by atoms with Gasteiger partial charge in [0.05, 0.1) is 5.69 Å². The highest BCUT2D eigenvalue weighted by Gasteiger charge is 2.19. The highest BCUT2D eigenvalue weighted by molar-refractivity contribution is 5.34. The van der Waals surface area contributed by atoms with Crippen LogP contribution >= 0.6 is 0 Å². The fourth-order valence-electron chi connectivity index (χ4n) is 3.29. The molecule has 0 spiro atoms. The minimum Gasteiger partial charge on any atom is -0.330 e. The van der Waals surface area contributed by atoms with Crippen molar-refractivity contribution in [2.75, 3.05) is 19.6 Å². The zero-order valence-corrected chi connectivity index (χ0v) is 13.0. The van der Waals surface area contributed by atoms with E-state index in [0.717, 1.165) is 49.3 Å². The first-order chi connectivity index (χ1) is 10.2. The number of rotatable bonds is 4. The maximum Gasteiger partial charge on any atom is 0.234 e. The Morgan fingerprint density at radius 1 is 1.24 bits per heavy atom. The van der Waals surface area contributed by atoms with Crippen molar-refractivity contribution in [2.45, 2.75) is 39.7 Å². The fraction of sp³-hybridized carbons (Fsp3) is 0.625. The summed E-state index contributed by atoms with van der Waals surface area (Å²) < 4.78 is 2.09. The summed E-state index contributed by atoms with van der Waals surface area (Å²) in [5, 5.41) is 0. The van der Waals surface area contributed by atoms with E-state index in [1.54, 1.807) is 0 Å². The molecular formula is C16H25N5. The number of aromatic nitrogens is 3. The molecule has 5 nitrogen and oxygen atoms in total. The van der Waals surface area contributed by atoms with Crippen molar-refractivity contribution in [3.05, 3.63) is 29.3 Å². The molecule has 114 valence electrons. The van der Waals surface area contributed by atoms with Gasteiger partial charge in [-0.15, -0.1) is 0 Å². The largest absolute Gasteiger partial charge is 0.330 e. The topological polar surface area (TPSA) is 59.5 Å². The first-order valence-corrected chi connectivity index (χ1v) is 7.90. The lowest BCUT2D eigenvalue weighted by Gasteiger charge is -2.31. The van der Waals surface area contributed by atoms with Crippen molar-refractivity contribution in [2.24, 2.45) is 11.7 Å². The van der Waals surface area contributed by atoms with Crippen LogP contribution in [0.25, 0.3) is 5.78 Å². The zero-order chi connectivity index (χ0) is 14.8. The molecule has 0 radical (unpaired) electrons. The van der Waals surface area contributed by atoms with Crippen LogP contribution in [0.15, 0.2) is 12.3 Å². The Hall–Kier alpha value is -1.46. The van der Waals surface area contributed by atoms with Crippen LogP contribution in [0.1, 0.15) is 36.3 Å². The van der Waals surface area contributed by atoms with Gasteiger partial charge >= 0.3 is 0 Å². The molecule has 0 saturated carbocycles. The van der Waals surface area contributed by atoms with Crippen molar-refractivity contribution < 1.29 is 0 Å². The van der Waals surface area contributed by atoms with E-state index < -0.39 is 0 Å². The molecule has 1 aliphatic heterocycles. The number of aryl methyl sites for hydroxylation is 2. The lowest BCUT2D eigenvalue weighted by Crippen LogP contribution is -2.33. The number of imidazole rings is 1. The molecular weight excluding hydrogens is 262 g/mol. The maximum atomic E-state index is 5.65. The molecule has 0 atom stereocenters. The molecule has 1 aliphatic rings. The number of nitrogens with zero attached hydrogens (tertiary/aromatic N) is 4. The highest BCUT2D eigenvalue weighted by Crippen LogP contribution is 2.21. The number of nitrogens with two attached hydrogens (primary N) is 1. The first kappa shape index (κ1) is 14.5. The Balaban J connectivity index is 1.67. The lowest BCUT2D eigenvalue weighted by atomic mass is 9.93. The van der Waals surface area contributed by atoms with Crippen molar-refractivity contribution in [1.82, 2.24) is 19.3 Å². The van der Waals surface area contributed by atoms with Gasteiger partial charge in [0.25, 0.3) is 0 Å². The maximum absolute atomic E-state index is 5.65. The average Bonchev–Trinajstić information content (AvgIpc) is 2.84. The second-order valence-corrected chi connectivity index (χ2v) is 6.24. The van der Waals surface area contributed by atoms with Crippen molar-refractivity contribution in [1.29, 1.82) is 0 Å². The van der Waals surface area contributed by atoms with Crippen LogP contribution in [0, 0.1) is 19.8 Å². The molecule has 3 rings (SSSR count). The third kappa shape index (κ3) is 3.24. The fourth-order valence-corrected chi connectivity index (χ4v) is 3.29. The molecule has 21 heavy (non-hydrogen) atoms. The van der Waals surface area contributed by atoms with Crippen LogP contribution < -0.4 is 5.73 Å². The Kier molecular flexibility index (Phi) is 4.22. The average molecular weight is 287 g/mol. The molecule has 0 bridgehead atoms. The van der Waals surface area contributed by atoms with Crippen LogP contribution in [0.5, 0.6) is 0 Å². The van der Waals surface area contributed by atoms with E-state index in [1.807, 2.05) is 6.92 Å². The third-order valence-electron chi connectivity index (χ3n) is 4.48. The minimum atomic E-state index is 0.818. The number of likely N-dealkylation sites (tertiary alicyclic amines) is 1. The highest BCUT2D eigenvalue weighted by atomic mass is 15.2. The van der Waals surface area contributed by atoms with Crippen molar-refractivity contribution >= 4 is 5.78 Å². The summed E-state index contributed by atoms with van der Waals surface area (Å²) in [6.07, 6.45) is 5.83. The van der Waals surface area contributed by atoms with Gasteiger partial charge in [0, 0.05) is 24.1 Å². The summed E-state index contributed by atoms with van der Waals surface area (Å²) in [7, 11) is 0. The predicted octanol–water partition coefficient (Wildman–Crippen LogP) is 1.91. The Morgan fingerprint density at radius 3 is 2.71 bits per heavy atom. The second kappa shape index (κ2) is 6.12. The van der Waals surface area contributed by atoms with E-state index in [9.17, 15) is 0 Å². The van der Waals surface area contributed by atoms with E-state index in [4.69, 9.17) is 5.73 Å². The summed E-state index contributed by atoms with van der Waals surface area (Å²) in [6, 6.07) is 2.09.